The first-order valence-corrected chi connectivity index (χ1v) is 19.5. The number of nitrogens with one attached hydrogen (secondary N) is 1. The molecule has 1 aromatic heterocycles. The topological polar surface area (TPSA) is 140 Å². The maximum Gasteiger partial charge on any atom is 0.408 e. The molecule has 4 aromatic carbocycles. The Labute approximate surface area is 321 Å². The van der Waals surface area contributed by atoms with Crippen molar-refractivity contribution in [2.24, 2.45) is 5.92 Å². The third-order valence-corrected chi connectivity index (χ3v) is 11.6. The van der Waals surface area contributed by atoms with E-state index in [0.29, 0.717) is 5.75 Å². The first-order chi connectivity index (χ1) is 26.2. The Hall–Kier alpha value is -4.92. The van der Waals surface area contributed by atoms with E-state index in [-0.39, 0.29) is 50.2 Å². The lowest BCUT2D eigenvalue weighted by Crippen LogP contribution is -2.41. The molecule has 0 aliphatic carbocycles. The minimum absolute atomic E-state index is 0.0246. The van der Waals surface area contributed by atoms with Gasteiger partial charge in [-0.05, 0) is 46.4 Å². The highest BCUT2D eigenvalue weighted by Gasteiger charge is 2.40. The van der Waals surface area contributed by atoms with Crippen molar-refractivity contribution in [3.63, 3.8) is 0 Å². The SMILES string of the molecule is Cc1nnc(SCC2OC(c3ccc(-c4cccc(CN5C(=O)CC(NC(=O)OCc6ccccc6)C5=O)c4)cc3)OC(c3ccc(CO)cc3)C2C)s1. The second kappa shape index (κ2) is 17.0. The van der Waals surface area contributed by atoms with Crippen LogP contribution >= 0.6 is 23.1 Å². The number of ether oxygens (including phenoxy) is 3. The standard InChI is InChI=1S/C41H40N4O7S2/c1-25-35(24-53-41-44-43-26(2)54-41)51-39(52-37(25)31-13-11-27(22-46)12-14-31)32-17-15-30(16-18-32)33-10-6-9-29(19-33)21-45-36(47)20-34(38(45)48)42-40(49)50-23-28-7-4-3-5-8-28/h3-19,25,34-35,37,39,46H,20-24H2,1-2H3,(H,42,49). The molecule has 0 radical (unpaired) electrons. The molecule has 0 spiro atoms. The third-order valence-electron chi connectivity index (χ3n) is 9.53. The van der Waals surface area contributed by atoms with Gasteiger partial charge in [0.1, 0.15) is 17.7 Å². The average molecular weight is 765 g/mol. The molecular weight excluding hydrogens is 725 g/mol. The van der Waals surface area contributed by atoms with Crippen LogP contribution in [0.2, 0.25) is 0 Å². The summed E-state index contributed by atoms with van der Waals surface area (Å²) >= 11 is 3.19. The summed E-state index contributed by atoms with van der Waals surface area (Å²) in [6, 6.07) is 31.8. The number of aryl methyl sites for hydroxylation is 1. The van der Waals surface area contributed by atoms with Gasteiger partial charge in [-0.15, -0.1) is 10.2 Å². The van der Waals surface area contributed by atoms with Gasteiger partial charge in [0.25, 0.3) is 5.91 Å². The van der Waals surface area contributed by atoms with E-state index in [2.05, 4.69) is 22.4 Å². The predicted molar refractivity (Wildman–Crippen MR) is 204 cm³/mol. The zero-order chi connectivity index (χ0) is 37.6. The van der Waals surface area contributed by atoms with Gasteiger partial charge in [0.2, 0.25) is 5.91 Å². The van der Waals surface area contributed by atoms with E-state index in [9.17, 15) is 19.5 Å². The van der Waals surface area contributed by atoms with Crippen molar-refractivity contribution < 1.29 is 33.7 Å². The number of likely N-dealkylation sites (tertiary alicyclic amines) is 1. The second-order valence-electron chi connectivity index (χ2n) is 13.3. The lowest BCUT2D eigenvalue weighted by Gasteiger charge is -2.41. The predicted octanol–water partition coefficient (Wildman–Crippen LogP) is 7.14. The van der Waals surface area contributed by atoms with Gasteiger partial charge in [0.05, 0.1) is 31.8 Å². The molecular formula is C41H40N4O7S2. The number of amides is 3. The highest BCUT2D eigenvalue weighted by atomic mass is 32.2. The molecule has 3 heterocycles. The van der Waals surface area contributed by atoms with Gasteiger partial charge in [0, 0.05) is 17.2 Å². The minimum Gasteiger partial charge on any atom is -0.445 e. The fourth-order valence-corrected chi connectivity index (χ4v) is 8.54. The Morgan fingerprint density at radius 1 is 0.907 bits per heavy atom. The molecule has 7 rings (SSSR count). The lowest BCUT2D eigenvalue weighted by atomic mass is 9.91. The number of aliphatic hydroxyl groups excluding tert-OH is 1. The van der Waals surface area contributed by atoms with Gasteiger partial charge in [-0.2, -0.15) is 0 Å². The number of carbonyl (C=O) groups is 3. The second-order valence-corrected chi connectivity index (χ2v) is 15.8. The van der Waals surface area contributed by atoms with E-state index in [1.165, 1.54) is 4.90 Å². The van der Waals surface area contributed by atoms with Crippen molar-refractivity contribution >= 4 is 41.0 Å². The van der Waals surface area contributed by atoms with Crippen LogP contribution in [-0.2, 0) is 43.6 Å². The smallest absolute Gasteiger partial charge is 0.408 e. The fourth-order valence-electron chi connectivity index (χ4n) is 6.53. The van der Waals surface area contributed by atoms with Crippen molar-refractivity contribution in [1.82, 2.24) is 20.4 Å². The lowest BCUT2D eigenvalue weighted by molar-refractivity contribution is -0.268. The summed E-state index contributed by atoms with van der Waals surface area (Å²) in [6.07, 6.45) is -1.86. The maximum absolute atomic E-state index is 13.2. The Kier molecular flexibility index (Phi) is 11.8. The van der Waals surface area contributed by atoms with Gasteiger partial charge >= 0.3 is 6.09 Å². The molecule has 0 saturated carbocycles. The number of aliphatic hydroxyl groups is 1. The van der Waals surface area contributed by atoms with Crippen molar-refractivity contribution in [1.29, 1.82) is 0 Å². The normalized spacial score (nSPS) is 21.3. The highest BCUT2D eigenvalue weighted by molar-refractivity contribution is 8.01. The monoisotopic (exact) mass is 764 g/mol. The number of hydrogen-bond acceptors (Lipinski definition) is 11. The molecule has 5 unspecified atom stereocenters. The van der Waals surface area contributed by atoms with Crippen LogP contribution in [0.5, 0.6) is 0 Å². The highest BCUT2D eigenvalue weighted by Crippen LogP contribution is 2.43. The number of carbonyl (C=O) groups excluding carboxylic acids is 3. The van der Waals surface area contributed by atoms with Crippen LogP contribution in [0.4, 0.5) is 4.79 Å². The Morgan fingerprint density at radius 3 is 2.37 bits per heavy atom. The number of benzene rings is 4. The molecule has 2 N–H and O–H groups in total. The Bertz CT molecular complexity index is 2080. The first kappa shape index (κ1) is 37.4. The van der Waals surface area contributed by atoms with Crippen LogP contribution < -0.4 is 5.32 Å². The molecule has 13 heteroatoms. The number of nitrogens with zero attached hydrogens (tertiary/aromatic N) is 3. The summed E-state index contributed by atoms with van der Waals surface area (Å²) in [5, 5.41) is 21.5. The minimum atomic E-state index is -0.977. The van der Waals surface area contributed by atoms with E-state index in [1.54, 1.807) is 23.1 Å². The molecule has 5 aromatic rings. The molecule has 5 atom stereocenters. The first-order valence-electron chi connectivity index (χ1n) is 17.7. The number of thioether (sulfide) groups is 1. The van der Waals surface area contributed by atoms with Gasteiger partial charge in [-0.25, -0.2) is 4.79 Å². The van der Waals surface area contributed by atoms with Crippen LogP contribution in [0.3, 0.4) is 0 Å². The van der Waals surface area contributed by atoms with E-state index in [0.717, 1.165) is 48.3 Å². The fraction of sp³-hybridized carbons (Fsp3) is 0.293. The van der Waals surface area contributed by atoms with E-state index in [4.69, 9.17) is 14.2 Å². The van der Waals surface area contributed by atoms with Crippen LogP contribution in [0.15, 0.2) is 107 Å². The molecule has 2 aliphatic heterocycles. The molecule has 3 amide bonds. The number of hydrogen-bond donors (Lipinski definition) is 2. The van der Waals surface area contributed by atoms with Crippen LogP contribution in [-0.4, -0.2) is 56.0 Å². The maximum atomic E-state index is 13.2. The van der Waals surface area contributed by atoms with Gasteiger partial charge in [-0.1, -0.05) is 127 Å². The molecule has 278 valence electrons. The van der Waals surface area contributed by atoms with E-state index in [1.807, 2.05) is 110 Å². The number of rotatable bonds is 12. The van der Waals surface area contributed by atoms with Crippen molar-refractivity contribution in [3.8, 4) is 11.1 Å². The quantitative estimate of drug-likeness (QED) is 0.0995. The Morgan fingerprint density at radius 2 is 1.65 bits per heavy atom. The largest absolute Gasteiger partial charge is 0.445 e. The molecule has 54 heavy (non-hydrogen) atoms. The van der Waals surface area contributed by atoms with Crippen LogP contribution in [0.25, 0.3) is 11.1 Å². The van der Waals surface area contributed by atoms with Gasteiger partial charge in [-0.3, -0.25) is 14.5 Å². The summed E-state index contributed by atoms with van der Waals surface area (Å²) in [6.45, 7) is 4.19. The van der Waals surface area contributed by atoms with E-state index >= 15 is 0 Å². The number of aromatic nitrogens is 2. The van der Waals surface area contributed by atoms with Gasteiger partial charge in [0.15, 0.2) is 10.6 Å². The summed E-state index contributed by atoms with van der Waals surface area (Å²) in [7, 11) is 0. The van der Waals surface area contributed by atoms with E-state index < -0.39 is 24.3 Å². The number of imide groups is 1. The molecule has 11 nitrogen and oxygen atoms in total. The molecule has 2 aliphatic rings. The Balaban J connectivity index is 1.01. The van der Waals surface area contributed by atoms with Gasteiger partial charge < -0.3 is 24.6 Å². The summed E-state index contributed by atoms with van der Waals surface area (Å²) < 4.78 is 19.4. The van der Waals surface area contributed by atoms with Crippen molar-refractivity contribution in [3.05, 3.63) is 136 Å². The molecule has 0 bridgehead atoms. The van der Waals surface area contributed by atoms with Crippen molar-refractivity contribution in [2.75, 3.05) is 5.75 Å². The average Bonchev–Trinajstić information content (AvgIpc) is 3.74. The summed E-state index contributed by atoms with van der Waals surface area (Å²) in [5.74, 6) is -0.101. The third kappa shape index (κ3) is 8.88. The summed E-state index contributed by atoms with van der Waals surface area (Å²) in [5.41, 5.74) is 6.18. The van der Waals surface area contributed by atoms with Crippen LogP contribution in [0.1, 0.15) is 58.6 Å². The number of alkyl carbamates (subject to hydrolysis) is 1. The van der Waals surface area contributed by atoms with Crippen molar-refractivity contribution in [2.45, 2.75) is 68.9 Å². The summed E-state index contributed by atoms with van der Waals surface area (Å²) in [4.78, 5) is 39.6. The molecule has 2 fully saturated rings. The molecule has 2 saturated heterocycles. The zero-order valence-corrected chi connectivity index (χ0v) is 31.4. The zero-order valence-electron chi connectivity index (χ0n) is 29.8. The van der Waals surface area contributed by atoms with Crippen LogP contribution in [0, 0.1) is 12.8 Å².